The van der Waals surface area contributed by atoms with Crippen LogP contribution in [0.4, 0.5) is 10.1 Å². The normalized spacial score (nSPS) is 12.2. The summed E-state index contributed by atoms with van der Waals surface area (Å²) < 4.78 is 13.5. The zero-order valence-corrected chi connectivity index (χ0v) is 10.2. The van der Waals surface area contributed by atoms with E-state index >= 15 is 0 Å². The van der Waals surface area contributed by atoms with Crippen molar-refractivity contribution in [2.24, 2.45) is 0 Å². The standard InChI is InChI=1S/C15H16FNO/c1-11-7-8-12(9-14(11)16)15(10-18)17-13-5-3-2-4-6-13/h2-9,15,17-18H,10H2,1H3. The molecule has 2 aromatic rings. The van der Waals surface area contributed by atoms with Crippen molar-refractivity contribution in [3.05, 3.63) is 65.5 Å². The summed E-state index contributed by atoms with van der Waals surface area (Å²) in [4.78, 5) is 0. The molecule has 0 spiro atoms. The van der Waals surface area contributed by atoms with Crippen molar-refractivity contribution in [1.82, 2.24) is 0 Å². The third-order valence-electron chi connectivity index (χ3n) is 2.90. The van der Waals surface area contributed by atoms with E-state index in [9.17, 15) is 9.50 Å². The zero-order valence-electron chi connectivity index (χ0n) is 10.2. The summed E-state index contributed by atoms with van der Waals surface area (Å²) in [6, 6.07) is 14.3. The minimum absolute atomic E-state index is 0.0859. The van der Waals surface area contributed by atoms with Crippen molar-refractivity contribution in [2.45, 2.75) is 13.0 Å². The summed E-state index contributed by atoms with van der Waals surface area (Å²) >= 11 is 0. The van der Waals surface area contributed by atoms with Gasteiger partial charge < -0.3 is 10.4 Å². The second kappa shape index (κ2) is 5.65. The molecule has 0 saturated carbocycles. The number of rotatable bonds is 4. The van der Waals surface area contributed by atoms with Gasteiger partial charge in [-0.3, -0.25) is 0 Å². The van der Waals surface area contributed by atoms with Gasteiger partial charge >= 0.3 is 0 Å². The van der Waals surface area contributed by atoms with Crippen molar-refractivity contribution >= 4 is 5.69 Å². The maximum absolute atomic E-state index is 13.5. The second-order valence-corrected chi connectivity index (χ2v) is 4.25. The molecule has 18 heavy (non-hydrogen) atoms. The fourth-order valence-electron chi connectivity index (χ4n) is 1.80. The number of aliphatic hydroxyl groups excluding tert-OH is 1. The lowest BCUT2D eigenvalue weighted by Crippen LogP contribution is -2.15. The Morgan fingerprint density at radius 2 is 1.89 bits per heavy atom. The minimum Gasteiger partial charge on any atom is -0.394 e. The molecule has 3 heteroatoms. The number of benzene rings is 2. The van der Waals surface area contributed by atoms with Crippen LogP contribution in [0.5, 0.6) is 0 Å². The number of aliphatic hydroxyl groups is 1. The molecule has 0 bridgehead atoms. The summed E-state index contributed by atoms with van der Waals surface area (Å²) in [7, 11) is 0. The first-order valence-electron chi connectivity index (χ1n) is 5.89. The number of aryl methyl sites for hydroxylation is 1. The van der Waals surface area contributed by atoms with E-state index in [0.717, 1.165) is 11.3 Å². The smallest absolute Gasteiger partial charge is 0.126 e. The predicted molar refractivity (Wildman–Crippen MR) is 71.0 cm³/mol. The molecule has 0 saturated heterocycles. The van der Waals surface area contributed by atoms with Gasteiger partial charge in [0.25, 0.3) is 0 Å². The van der Waals surface area contributed by atoms with Crippen molar-refractivity contribution in [3.63, 3.8) is 0 Å². The summed E-state index contributed by atoms with van der Waals surface area (Å²) in [6.07, 6.45) is 0. The maximum Gasteiger partial charge on any atom is 0.126 e. The van der Waals surface area contributed by atoms with Crippen LogP contribution in [0.2, 0.25) is 0 Å². The van der Waals surface area contributed by atoms with Crippen molar-refractivity contribution < 1.29 is 9.50 Å². The quantitative estimate of drug-likeness (QED) is 0.866. The van der Waals surface area contributed by atoms with Crippen molar-refractivity contribution in [1.29, 1.82) is 0 Å². The highest BCUT2D eigenvalue weighted by Crippen LogP contribution is 2.21. The van der Waals surface area contributed by atoms with Crippen LogP contribution in [-0.4, -0.2) is 11.7 Å². The number of anilines is 1. The zero-order chi connectivity index (χ0) is 13.0. The third-order valence-corrected chi connectivity index (χ3v) is 2.90. The molecule has 0 aliphatic heterocycles. The van der Waals surface area contributed by atoms with Gasteiger partial charge in [0.2, 0.25) is 0 Å². The Morgan fingerprint density at radius 3 is 2.50 bits per heavy atom. The first-order chi connectivity index (χ1) is 8.70. The highest BCUT2D eigenvalue weighted by Gasteiger charge is 2.11. The Morgan fingerprint density at radius 1 is 1.17 bits per heavy atom. The van der Waals surface area contributed by atoms with E-state index in [4.69, 9.17) is 0 Å². The Hall–Kier alpha value is -1.87. The fourth-order valence-corrected chi connectivity index (χ4v) is 1.80. The summed E-state index contributed by atoms with van der Waals surface area (Å²) in [5.41, 5.74) is 2.25. The van der Waals surface area contributed by atoms with Crippen LogP contribution in [0.15, 0.2) is 48.5 Å². The molecule has 94 valence electrons. The molecule has 0 aromatic heterocycles. The number of hydrogen-bond acceptors (Lipinski definition) is 2. The topological polar surface area (TPSA) is 32.3 Å². The highest BCUT2D eigenvalue weighted by atomic mass is 19.1. The Balaban J connectivity index is 2.20. The van der Waals surface area contributed by atoms with E-state index < -0.39 is 0 Å². The lowest BCUT2D eigenvalue weighted by molar-refractivity contribution is 0.276. The first-order valence-corrected chi connectivity index (χ1v) is 5.89. The van der Waals surface area contributed by atoms with Gasteiger partial charge in [0.05, 0.1) is 12.6 Å². The summed E-state index contributed by atoms with van der Waals surface area (Å²) in [5.74, 6) is -0.249. The molecule has 1 unspecified atom stereocenters. The lowest BCUT2D eigenvalue weighted by atomic mass is 10.0. The van der Waals surface area contributed by atoms with Gasteiger partial charge in [0.15, 0.2) is 0 Å². The highest BCUT2D eigenvalue weighted by molar-refractivity contribution is 5.45. The van der Waals surface area contributed by atoms with Gasteiger partial charge in [-0.15, -0.1) is 0 Å². The molecule has 0 heterocycles. The van der Waals surface area contributed by atoms with Crippen LogP contribution < -0.4 is 5.32 Å². The van der Waals surface area contributed by atoms with E-state index in [1.807, 2.05) is 36.4 Å². The SMILES string of the molecule is Cc1ccc(C(CO)Nc2ccccc2)cc1F. The van der Waals surface area contributed by atoms with Crippen LogP contribution in [0.3, 0.4) is 0 Å². The van der Waals surface area contributed by atoms with E-state index in [-0.39, 0.29) is 18.5 Å². The van der Waals surface area contributed by atoms with Crippen LogP contribution >= 0.6 is 0 Å². The number of para-hydroxylation sites is 1. The molecule has 2 N–H and O–H groups in total. The number of halogens is 1. The third kappa shape index (κ3) is 2.87. The molecule has 0 fully saturated rings. The molecule has 2 aromatic carbocycles. The van der Waals surface area contributed by atoms with Gasteiger partial charge in [-0.25, -0.2) is 4.39 Å². The predicted octanol–water partition coefficient (Wildman–Crippen LogP) is 3.28. The van der Waals surface area contributed by atoms with Gasteiger partial charge in [0, 0.05) is 5.69 Å². The van der Waals surface area contributed by atoms with Gasteiger partial charge in [0.1, 0.15) is 5.82 Å². The average molecular weight is 245 g/mol. The van der Waals surface area contributed by atoms with Gasteiger partial charge in [-0.1, -0.05) is 30.3 Å². The molecule has 0 aliphatic rings. The average Bonchev–Trinajstić information content (AvgIpc) is 2.40. The molecule has 2 nitrogen and oxygen atoms in total. The van der Waals surface area contributed by atoms with Crippen molar-refractivity contribution in [2.75, 3.05) is 11.9 Å². The van der Waals surface area contributed by atoms with Crippen LogP contribution in [0.1, 0.15) is 17.2 Å². The van der Waals surface area contributed by atoms with E-state index in [0.29, 0.717) is 5.56 Å². The number of hydrogen-bond donors (Lipinski definition) is 2. The van der Waals surface area contributed by atoms with Crippen LogP contribution in [-0.2, 0) is 0 Å². The largest absolute Gasteiger partial charge is 0.394 e. The first kappa shape index (κ1) is 12.6. The lowest BCUT2D eigenvalue weighted by Gasteiger charge is -2.18. The summed E-state index contributed by atoms with van der Waals surface area (Å²) in [6.45, 7) is 1.63. The Labute approximate surface area is 106 Å². The van der Waals surface area contributed by atoms with Crippen LogP contribution in [0.25, 0.3) is 0 Å². The molecule has 0 amide bonds. The molecule has 0 aliphatic carbocycles. The van der Waals surface area contributed by atoms with E-state index in [2.05, 4.69) is 5.32 Å². The fraction of sp³-hybridized carbons (Fsp3) is 0.200. The molecule has 0 radical (unpaired) electrons. The molecular formula is C15H16FNO. The second-order valence-electron chi connectivity index (χ2n) is 4.25. The molecule has 1 atom stereocenters. The molecular weight excluding hydrogens is 229 g/mol. The van der Waals surface area contributed by atoms with Crippen LogP contribution in [0, 0.1) is 12.7 Å². The maximum atomic E-state index is 13.5. The van der Waals surface area contributed by atoms with Gasteiger partial charge in [-0.05, 0) is 36.2 Å². The summed E-state index contributed by atoms with van der Waals surface area (Å²) in [5, 5.41) is 12.6. The van der Waals surface area contributed by atoms with Gasteiger partial charge in [-0.2, -0.15) is 0 Å². The van der Waals surface area contributed by atoms with Crippen molar-refractivity contribution in [3.8, 4) is 0 Å². The monoisotopic (exact) mass is 245 g/mol. The minimum atomic E-state index is -0.303. The Bertz CT molecular complexity index is 513. The Kier molecular flexibility index (Phi) is 3.95. The molecule has 2 rings (SSSR count). The number of nitrogens with one attached hydrogen (secondary N) is 1. The van der Waals surface area contributed by atoms with E-state index in [1.165, 1.54) is 6.07 Å². The van der Waals surface area contributed by atoms with E-state index in [1.54, 1.807) is 13.0 Å².